The maximum Gasteiger partial charge on any atom is 0.318 e. The zero-order chi connectivity index (χ0) is 16.0. The molecule has 0 spiro atoms. The Bertz CT molecular complexity index is 416. The van der Waals surface area contributed by atoms with Crippen LogP contribution in [-0.4, -0.2) is 41.6 Å². The molecule has 1 atom stereocenters. The lowest BCUT2D eigenvalue weighted by Gasteiger charge is -2.25. The van der Waals surface area contributed by atoms with Crippen molar-refractivity contribution in [1.29, 1.82) is 0 Å². The van der Waals surface area contributed by atoms with Crippen molar-refractivity contribution >= 4 is 12.0 Å². The summed E-state index contributed by atoms with van der Waals surface area (Å²) in [4.78, 5) is 25.0. The van der Waals surface area contributed by atoms with Gasteiger partial charge in [0.1, 0.15) is 0 Å². The summed E-state index contributed by atoms with van der Waals surface area (Å²) in [6.45, 7) is 7.02. The fourth-order valence-electron chi connectivity index (χ4n) is 2.25. The van der Waals surface area contributed by atoms with Gasteiger partial charge in [0, 0.05) is 13.1 Å². The lowest BCUT2D eigenvalue weighted by Crippen LogP contribution is -2.44. The van der Waals surface area contributed by atoms with Gasteiger partial charge >= 0.3 is 12.0 Å². The lowest BCUT2D eigenvalue weighted by atomic mass is 9.84. The van der Waals surface area contributed by atoms with Gasteiger partial charge in [0.2, 0.25) is 0 Å². The summed E-state index contributed by atoms with van der Waals surface area (Å²) in [5, 5.41) is 12.0. The Morgan fingerprint density at radius 3 is 2.48 bits per heavy atom. The third-order valence-electron chi connectivity index (χ3n) is 3.45. The van der Waals surface area contributed by atoms with E-state index in [2.05, 4.69) is 11.2 Å². The van der Waals surface area contributed by atoms with Crippen LogP contribution in [0.4, 0.5) is 4.79 Å². The summed E-state index contributed by atoms with van der Waals surface area (Å²) in [6.07, 6.45) is 8.07. The van der Waals surface area contributed by atoms with Crippen molar-refractivity contribution in [2.75, 3.05) is 19.6 Å². The first kappa shape index (κ1) is 17.4. The molecule has 2 amide bonds. The molecule has 0 saturated heterocycles. The highest BCUT2D eigenvalue weighted by Crippen LogP contribution is 2.29. The molecule has 5 heteroatoms. The molecule has 5 nitrogen and oxygen atoms in total. The van der Waals surface area contributed by atoms with Crippen molar-refractivity contribution in [2.45, 2.75) is 40.0 Å². The van der Waals surface area contributed by atoms with Crippen LogP contribution in [0.5, 0.6) is 0 Å². The Labute approximate surface area is 127 Å². The number of carbonyl (C=O) groups is 2. The monoisotopic (exact) mass is 294 g/mol. The van der Waals surface area contributed by atoms with Crippen LogP contribution < -0.4 is 5.32 Å². The van der Waals surface area contributed by atoms with Gasteiger partial charge < -0.3 is 15.3 Å². The van der Waals surface area contributed by atoms with Crippen molar-refractivity contribution < 1.29 is 14.7 Å². The molecule has 2 N–H and O–H groups in total. The second-order valence-corrected chi connectivity index (χ2v) is 7.01. The molecule has 0 aromatic carbocycles. The minimum Gasteiger partial charge on any atom is -0.481 e. The van der Waals surface area contributed by atoms with Gasteiger partial charge in [-0.1, -0.05) is 26.7 Å². The van der Waals surface area contributed by atoms with Crippen LogP contribution in [0.25, 0.3) is 0 Å². The number of hydrogen-bond donors (Lipinski definition) is 2. The highest BCUT2D eigenvalue weighted by molar-refractivity contribution is 5.76. The first-order valence-corrected chi connectivity index (χ1v) is 7.42. The van der Waals surface area contributed by atoms with Gasteiger partial charge in [-0.15, -0.1) is 6.42 Å². The number of terminal acetylenes is 1. The van der Waals surface area contributed by atoms with E-state index in [9.17, 15) is 14.7 Å². The molecule has 1 rings (SSSR count). The van der Waals surface area contributed by atoms with Crippen molar-refractivity contribution in [3.63, 3.8) is 0 Å². The highest BCUT2D eigenvalue weighted by atomic mass is 16.4. The molecule has 0 aliphatic heterocycles. The van der Waals surface area contributed by atoms with Crippen LogP contribution in [0, 0.1) is 29.6 Å². The van der Waals surface area contributed by atoms with E-state index in [1.165, 1.54) is 0 Å². The van der Waals surface area contributed by atoms with E-state index >= 15 is 0 Å². The number of urea groups is 1. The Kier molecular flexibility index (Phi) is 6.07. The Morgan fingerprint density at radius 2 is 2.05 bits per heavy atom. The summed E-state index contributed by atoms with van der Waals surface area (Å²) >= 11 is 0. The molecule has 0 radical (unpaired) electrons. The molecular formula is C16H26N2O3. The number of rotatable bonds is 7. The van der Waals surface area contributed by atoms with Gasteiger partial charge in [0.25, 0.3) is 0 Å². The fraction of sp³-hybridized carbons (Fsp3) is 0.750. The van der Waals surface area contributed by atoms with E-state index in [1.54, 1.807) is 4.90 Å². The Balaban J connectivity index is 2.50. The average molecular weight is 294 g/mol. The molecule has 21 heavy (non-hydrogen) atoms. The second kappa shape index (κ2) is 7.35. The minimum atomic E-state index is -0.879. The molecule has 118 valence electrons. The molecular weight excluding hydrogens is 268 g/mol. The molecule has 0 heterocycles. The predicted octanol–water partition coefficient (Wildman–Crippen LogP) is 2.18. The Hall–Kier alpha value is -1.70. The number of nitrogens with zero attached hydrogens (tertiary/aromatic N) is 1. The highest BCUT2D eigenvalue weighted by Gasteiger charge is 2.28. The van der Waals surface area contributed by atoms with E-state index < -0.39 is 11.9 Å². The number of amides is 2. The second-order valence-electron chi connectivity index (χ2n) is 7.01. The van der Waals surface area contributed by atoms with Crippen molar-refractivity contribution in [1.82, 2.24) is 10.2 Å². The van der Waals surface area contributed by atoms with Gasteiger partial charge in [-0.3, -0.25) is 4.79 Å². The average Bonchev–Trinajstić information content (AvgIpc) is 3.15. The third-order valence-corrected chi connectivity index (χ3v) is 3.45. The minimum absolute atomic E-state index is 0.0969. The molecule has 1 aliphatic rings. The zero-order valence-electron chi connectivity index (χ0n) is 13.2. The number of nitrogens with one attached hydrogen (secondary N) is 1. The van der Waals surface area contributed by atoms with Crippen LogP contribution in [0.15, 0.2) is 0 Å². The van der Waals surface area contributed by atoms with Crippen LogP contribution in [0.1, 0.15) is 40.0 Å². The van der Waals surface area contributed by atoms with E-state index in [0.29, 0.717) is 18.9 Å². The number of hydrogen-bond acceptors (Lipinski definition) is 2. The topological polar surface area (TPSA) is 69.6 Å². The van der Waals surface area contributed by atoms with Gasteiger partial charge in [-0.05, 0) is 30.6 Å². The zero-order valence-corrected chi connectivity index (χ0v) is 13.2. The first-order valence-electron chi connectivity index (χ1n) is 7.42. The van der Waals surface area contributed by atoms with Crippen molar-refractivity contribution in [3.8, 4) is 12.3 Å². The number of carbonyl (C=O) groups excluding carboxylic acids is 1. The van der Waals surface area contributed by atoms with Gasteiger partial charge in [-0.2, -0.15) is 0 Å². The number of carboxylic acids is 1. The summed E-state index contributed by atoms with van der Waals surface area (Å²) in [6, 6.07) is -0.264. The fourth-order valence-corrected chi connectivity index (χ4v) is 2.25. The Morgan fingerprint density at radius 1 is 1.43 bits per heavy atom. The van der Waals surface area contributed by atoms with E-state index in [1.807, 2.05) is 20.8 Å². The molecule has 1 aliphatic carbocycles. The first-order chi connectivity index (χ1) is 9.73. The van der Waals surface area contributed by atoms with Crippen LogP contribution in [-0.2, 0) is 4.79 Å². The normalized spacial score (nSPS) is 15.9. The third kappa shape index (κ3) is 7.03. The van der Waals surface area contributed by atoms with Gasteiger partial charge in [0.05, 0.1) is 12.5 Å². The predicted molar refractivity (Wildman–Crippen MR) is 81.7 cm³/mol. The number of carboxylic acid groups (broad SMARTS) is 1. The quantitative estimate of drug-likeness (QED) is 0.707. The van der Waals surface area contributed by atoms with Gasteiger partial charge in [-0.25, -0.2) is 4.79 Å². The largest absolute Gasteiger partial charge is 0.481 e. The molecule has 0 aromatic heterocycles. The van der Waals surface area contributed by atoms with Crippen LogP contribution in [0.2, 0.25) is 0 Å². The lowest BCUT2D eigenvalue weighted by molar-refractivity contribution is -0.142. The molecule has 0 bridgehead atoms. The molecule has 1 unspecified atom stereocenters. The smallest absolute Gasteiger partial charge is 0.318 e. The summed E-state index contributed by atoms with van der Waals surface area (Å²) < 4.78 is 0. The maximum atomic E-state index is 12.1. The van der Waals surface area contributed by atoms with E-state index in [-0.39, 0.29) is 24.5 Å². The molecule has 0 aromatic rings. The maximum absolute atomic E-state index is 12.1. The number of aliphatic carboxylic acids is 1. The van der Waals surface area contributed by atoms with Crippen molar-refractivity contribution in [3.05, 3.63) is 0 Å². The summed E-state index contributed by atoms with van der Waals surface area (Å²) in [5.41, 5.74) is -0.0969. The summed E-state index contributed by atoms with van der Waals surface area (Å²) in [5.74, 6) is 1.57. The van der Waals surface area contributed by atoms with Crippen LogP contribution >= 0.6 is 0 Å². The van der Waals surface area contributed by atoms with E-state index in [4.69, 9.17) is 6.42 Å². The summed E-state index contributed by atoms with van der Waals surface area (Å²) in [7, 11) is 0. The molecule has 1 saturated carbocycles. The molecule has 1 fully saturated rings. The van der Waals surface area contributed by atoms with Gasteiger partial charge in [0.15, 0.2) is 0 Å². The van der Waals surface area contributed by atoms with Crippen LogP contribution in [0.3, 0.4) is 0 Å². The SMILES string of the molecule is C#CCN(CC1CC1)C(=O)NCC(CC(C)(C)C)C(=O)O. The standard InChI is InChI=1S/C16H26N2O3/c1-5-8-18(11-12-6-7-12)15(21)17-10-13(14(19)20)9-16(2,3)4/h1,12-13H,6-11H2,2-4H3,(H,17,21)(H,19,20). The van der Waals surface area contributed by atoms with Crippen molar-refractivity contribution in [2.24, 2.45) is 17.3 Å². The van der Waals surface area contributed by atoms with E-state index in [0.717, 1.165) is 12.8 Å².